The number of hydrogen-bond donors (Lipinski definition) is 1. The molecule has 6 heteroatoms. The Morgan fingerprint density at radius 1 is 1.31 bits per heavy atom. The van der Waals surface area contributed by atoms with E-state index in [-0.39, 0.29) is 0 Å². The van der Waals surface area contributed by atoms with Crippen molar-refractivity contribution in [2.45, 2.75) is 13.5 Å². The third-order valence-electron chi connectivity index (χ3n) is 2.08. The quantitative estimate of drug-likeness (QED) is 0.866. The fourth-order valence-electron chi connectivity index (χ4n) is 1.22. The average molecular weight is 274 g/mol. The first-order valence-electron chi connectivity index (χ1n) is 4.62. The van der Waals surface area contributed by atoms with Crippen molar-refractivity contribution >= 4 is 40.4 Å². The maximum Gasteiger partial charge on any atom is 0.137 e. The highest BCUT2D eigenvalue weighted by Gasteiger charge is 2.05. The molecule has 0 fully saturated rings. The lowest BCUT2D eigenvalue weighted by molar-refractivity contribution is 1.07. The van der Waals surface area contributed by atoms with Crippen molar-refractivity contribution in [1.82, 2.24) is 9.97 Å². The van der Waals surface area contributed by atoms with Crippen molar-refractivity contribution in [1.29, 1.82) is 0 Å². The Labute approximate surface area is 107 Å². The first-order chi connectivity index (χ1) is 7.66. The molecule has 2 rings (SSSR count). The SMILES string of the molecule is Cc1c(Cl)ncnc1NCc1ccc(Cl)s1. The summed E-state index contributed by atoms with van der Waals surface area (Å²) in [5.41, 5.74) is 0.854. The maximum atomic E-state index is 5.89. The van der Waals surface area contributed by atoms with E-state index in [2.05, 4.69) is 15.3 Å². The Bertz CT molecular complexity index is 499. The summed E-state index contributed by atoms with van der Waals surface area (Å²) >= 11 is 13.3. The molecule has 0 aliphatic carbocycles. The molecule has 1 N–H and O–H groups in total. The number of thiophene rings is 1. The van der Waals surface area contributed by atoms with Gasteiger partial charge in [0.2, 0.25) is 0 Å². The van der Waals surface area contributed by atoms with Gasteiger partial charge in [0, 0.05) is 10.4 Å². The summed E-state index contributed by atoms with van der Waals surface area (Å²) < 4.78 is 0.786. The zero-order valence-electron chi connectivity index (χ0n) is 8.50. The summed E-state index contributed by atoms with van der Waals surface area (Å²) in [5.74, 6) is 0.754. The van der Waals surface area contributed by atoms with Crippen molar-refractivity contribution < 1.29 is 0 Å². The molecule has 0 radical (unpaired) electrons. The van der Waals surface area contributed by atoms with Crippen molar-refractivity contribution in [3.63, 3.8) is 0 Å². The monoisotopic (exact) mass is 273 g/mol. The van der Waals surface area contributed by atoms with E-state index >= 15 is 0 Å². The molecule has 0 aromatic carbocycles. The van der Waals surface area contributed by atoms with E-state index in [1.54, 1.807) is 11.3 Å². The first-order valence-corrected chi connectivity index (χ1v) is 6.19. The molecular formula is C10H9Cl2N3S. The molecule has 0 aliphatic heterocycles. The van der Waals surface area contributed by atoms with Gasteiger partial charge in [0.15, 0.2) is 0 Å². The van der Waals surface area contributed by atoms with Crippen LogP contribution >= 0.6 is 34.5 Å². The molecule has 84 valence electrons. The number of nitrogens with one attached hydrogen (secondary N) is 1. The van der Waals surface area contributed by atoms with E-state index in [9.17, 15) is 0 Å². The molecule has 0 unspecified atom stereocenters. The summed E-state index contributed by atoms with van der Waals surface area (Å²) in [4.78, 5) is 9.17. The van der Waals surface area contributed by atoms with E-state index < -0.39 is 0 Å². The lowest BCUT2D eigenvalue weighted by Crippen LogP contribution is -2.02. The smallest absolute Gasteiger partial charge is 0.137 e. The Balaban J connectivity index is 2.07. The molecule has 0 atom stereocenters. The zero-order chi connectivity index (χ0) is 11.5. The van der Waals surface area contributed by atoms with E-state index in [0.717, 1.165) is 20.6 Å². The van der Waals surface area contributed by atoms with Crippen LogP contribution in [0.3, 0.4) is 0 Å². The summed E-state index contributed by atoms with van der Waals surface area (Å²) in [6.45, 7) is 2.57. The lowest BCUT2D eigenvalue weighted by Gasteiger charge is -2.07. The molecule has 3 nitrogen and oxygen atoms in total. The van der Waals surface area contributed by atoms with Crippen molar-refractivity contribution in [3.05, 3.63) is 38.4 Å². The number of nitrogens with zero attached hydrogens (tertiary/aromatic N) is 2. The minimum atomic E-state index is 0.474. The van der Waals surface area contributed by atoms with Crippen LogP contribution in [0.1, 0.15) is 10.4 Å². The van der Waals surface area contributed by atoms with Gasteiger partial charge in [0.1, 0.15) is 17.3 Å². The van der Waals surface area contributed by atoms with Crippen LogP contribution in [0.2, 0.25) is 9.49 Å². The van der Waals surface area contributed by atoms with Gasteiger partial charge in [0.25, 0.3) is 0 Å². The minimum Gasteiger partial charge on any atom is -0.365 e. The van der Waals surface area contributed by atoms with Crippen molar-refractivity contribution in [3.8, 4) is 0 Å². The molecule has 16 heavy (non-hydrogen) atoms. The van der Waals surface area contributed by atoms with E-state index in [1.807, 2.05) is 19.1 Å². The van der Waals surface area contributed by atoms with Crippen LogP contribution in [0.25, 0.3) is 0 Å². The molecule has 0 aliphatic rings. The van der Waals surface area contributed by atoms with Gasteiger partial charge < -0.3 is 5.32 Å². The van der Waals surface area contributed by atoms with E-state index in [1.165, 1.54) is 6.33 Å². The number of halogens is 2. The Morgan fingerprint density at radius 3 is 2.81 bits per heavy atom. The molecule has 2 aromatic heterocycles. The van der Waals surface area contributed by atoms with Gasteiger partial charge in [-0.05, 0) is 19.1 Å². The van der Waals surface area contributed by atoms with Gasteiger partial charge in [0.05, 0.1) is 10.9 Å². The van der Waals surface area contributed by atoms with Crippen LogP contribution in [-0.4, -0.2) is 9.97 Å². The van der Waals surface area contributed by atoms with Crippen LogP contribution in [0.15, 0.2) is 18.5 Å². The largest absolute Gasteiger partial charge is 0.365 e. The second-order valence-corrected chi connectivity index (χ2v) is 5.36. The summed E-state index contributed by atoms with van der Waals surface area (Å²) in [6, 6.07) is 3.86. The highest BCUT2D eigenvalue weighted by Crippen LogP contribution is 2.23. The lowest BCUT2D eigenvalue weighted by atomic mass is 10.3. The zero-order valence-corrected chi connectivity index (χ0v) is 10.8. The molecule has 0 amide bonds. The molecule has 0 saturated heterocycles. The van der Waals surface area contributed by atoms with Gasteiger partial charge >= 0.3 is 0 Å². The molecule has 0 saturated carbocycles. The topological polar surface area (TPSA) is 37.8 Å². The highest BCUT2D eigenvalue weighted by molar-refractivity contribution is 7.16. The fourth-order valence-corrected chi connectivity index (χ4v) is 2.38. The summed E-state index contributed by atoms with van der Waals surface area (Å²) in [7, 11) is 0. The van der Waals surface area contributed by atoms with Crippen LogP contribution in [0.5, 0.6) is 0 Å². The van der Waals surface area contributed by atoms with Crippen LogP contribution in [-0.2, 0) is 6.54 Å². The summed E-state index contributed by atoms with van der Waals surface area (Å²) in [6.07, 6.45) is 1.44. The molecule has 2 heterocycles. The van der Waals surface area contributed by atoms with E-state index in [0.29, 0.717) is 11.7 Å². The first kappa shape index (κ1) is 11.6. The van der Waals surface area contributed by atoms with Gasteiger partial charge in [-0.25, -0.2) is 9.97 Å². The maximum absolute atomic E-state index is 5.89. The van der Waals surface area contributed by atoms with E-state index in [4.69, 9.17) is 23.2 Å². The third-order valence-corrected chi connectivity index (χ3v) is 3.69. The van der Waals surface area contributed by atoms with Crippen LogP contribution in [0.4, 0.5) is 5.82 Å². The Kier molecular flexibility index (Phi) is 3.63. The van der Waals surface area contributed by atoms with Gasteiger partial charge in [-0.3, -0.25) is 0 Å². The average Bonchev–Trinajstić information content (AvgIpc) is 2.67. The van der Waals surface area contributed by atoms with Gasteiger partial charge in [-0.2, -0.15) is 0 Å². The molecule has 2 aromatic rings. The standard InChI is InChI=1S/C10H9Cl2N3S/c1-6-9(12)14-5-15-10(6)13-4-7-2-3-8(11)16-7/h2-3,5H,4H2,1H3,(H,13,14,15). The molecule has 0 bridgehead atoms. The number of aromatic nitrogens is 2. The summed E-state index contributed by atoms with van der Waals surface area (Å²) in [5, 5.41) is 3.67. The second-order valence-electron chi connectivity index (χ2n) is 3.20. The van der Waals surface area contributed by atoms with Crippen molar-refractivity contribution in [2.24, 2.45) is 0 Å². The van der Waals surface area contributed by atoms with Gasteiger partial charge in [-0.15, -0.1) is 11.3 Å². The number of anilines is 1. The number of hydrogen-bond acceptors (Lipinski definition) is 4. The fraction of sp³-hybridized carbons (Fsp3) is 0.200. The van der Waals surface area contributed by atoms with Crippen LogP contribution < -0.4 is 5.32 Å². The van der Waals surface area contributed by atoms with Gasteiger partial charge in [-0.1, -0.05) is 23.2 Å². The Morgan fingerprint density at radius 2 is 2.12 bits per heavy atom. The minimum absolute atomic E-state index is 0.474. The third kappa shape index (κ3) is 2.64. The molecule has 0 spiro atoms. The highest BCUT2D eigenvalue weighted by atomic mass is 35.5. The molecular weight excluding hydrogens is 265 g/mol. The second kappa shape index (κ2) is 4.99. The predicted octanol–water partition coefficient (Wildman–Crippen LogP) is 3.77. The Hall–Kier alpha value is -0.840. The van der Waals surface area contributed by atoms with Crippen molar-refractivity contribution in [2.75, 3.05) is 5.32 Å². The predicted molar refractivity (Wildman–Crippen MR) is 68.4 cm³/mol. The normalized spacial score (nSPS) is 10.4. The number of rotatable bonds is 3. The van der Waals surface area contributed by atoms with Crippen LogP contribution in [0, 0.1) is 6.92 Å².